The lowest BCUT2D eigenvalue weighted by Crippen LogP contribution is -2.63. The first-order chi connectivity index (χ1) is 24.2. The molecule has 292 valence electrons. The number of nitrogens with zero attached hydrogens (tertiary/aromatic N) is 3. The maximum Gasteiger partial charge on any atom is 0.449 e. The van der Waals surface area contributed by atoms with Crippen LogP contribution in [0.1, 0.15) is 49.6 Å². The van der Waals surface area contributed by atoms with Crippen molar-refractivity contribution in [3.63, 3.8) is 0 Å². The number of carbonyl (C=O) groups is 4. The molecule has 2 fully saturated rings. The van der Waals surface area contributed by atoms with Crippen LogP contribution >= 0.6 is 0 Å². The van der Waals surface area contributed by atoms with Gasteiger partial charge in [0.2, 0.25) is 41.2 Å². The number of allylic oxidation sites excluding steroid dienone is 1. The molecule has 0 bridgehead atoms. The molecule has 4 amide bonds. The van der Waals surface area contributed by atoms with Crippen LogP contribution in [0, 0.1) is 13.5 Å². The Hall–Kier alpha value is -5.30. The summed E-state index contributed by atoms with van der Waals surface area (Å²) in [6, 6.07) is 5.64. The zero-order chi connectivity index (χ0) is 40.7. The van der Waals surface area contributed by atoms with Crippen LogP contribution in [0.15, 0.2) is 51.6 Å². The van der Waals surface area contributed by atoms with Gasteiger partial charge in [-0.15, -0.1) is 0 Å². The summed E-state index contributed by atoms with van der Waals surface area (Å²) in [6.45, 7) is 15.0. The van der Waals surface area contributed by atoms with Crippen molar-refractivity contribution < 1.29 is 67.6 Å². The number of furan rings is 1. The zero-order valence-electron chi connectivity index (χ0n) is 28.8. The number of aliphatic hydroxyl groups is 1. The third kappa shape index (κ3) is 10.9. The number of benzene rings is 1. The average molecular weight is 783 g/mol. The van der Waals surface area contributed by atoms with Gasteiger partial charge in [0.15, 0.2) is 0 Å². The van der Waals surface area contributed by atoms with Gasteiger partial charge < -0.3 is 39.9 Å². The molecule has 0 saturated carbocycles. The van der Waals surface area contributed by atoms with Gasteiger partial charge in [-0.1, -0.05) is 17.7 Å². The van der Waals surface area contributed by atoms with E-state index in [9.17, 15) is 53.9 Å². The highest BCUT2D eigenvalue weighted by atomic mass is 32.2. The first kappa shape index (κ1) is 43.9. The van der Waals surface area contributed by atoms with Gasteiger partial charge in [-0.05, 0) is 46.8 Å². The molecule has 0 spiro atoms. The van der Waals surface area contributed by atoms with Gasteiger partial charge in [-0.2, -0.15) is 34.8 Å². The Balaban J connectivity index is 0.000000283. The molecule has 5 N–H and O–H groups in total. The van der Waals surface area contributed by atoms with Crippen molar-refractivity contribution in [1.29, 1.82) is 0 Å². The molecule has 2 aliphatic rings. The summed E-state index contributed by atoms with van der Waals surface area (Å²) in [5, 5.41) is 13.9. The lowest BCUT2D eigenvalue weighted by atomic mass is 9.98. The number of aliphatic hydroxyl groups excluding tert-OH is 1. The predicted molar refractivity (Wildman–Crippen MR) is 172 cm³/mol. The zero-order valence-corrected chi connectivity index (χ0v) is 29.6. The molecule has 15 nitrogen and oxygen atoms in total. The number of aryl methyl sites for hydroxylation is 1. The highest BCUT2D eigenvalue weighted by Gasteiger charge is 2.44. The fourth-order valence-electron chi connectivity index (χ4n) is 4.58. The van der Waals surface area contributed by atoms with Crippen molar-refractivity contribution in [1.82, 2.24) is 20.4 Å². The number of nitrogen functional groups attached to an aromatic ring is 1. The van der Waals surface area contributed by atoms with Crippen molar-refractivity contribution in [2.24, 2.45) is 0 Å². The summed E-state index contributed by atoms with van der Waals surface area (Å²) >= 11 is 0. The van der Waals surface area contributed by atoms with E-state index in [1.54, 1.807) is 20.8 Å². The quantitative estimate of drug-likeness (QED) is 0.151. The Bertz CT molecular complexity index is 1870. The summed E-state index contributed by atoms with van der Waals surface area (Å²) in [4.78, 5) is 51.2. The van der Waals surface area contributed by atoms with E-state index in [1.165, 1.54) is 30.9 Å². The molecule has 2 aliphatic heterocycles. The van der Waals surface area contributed by atoms with Crippen LogP contribution in [-0.4, -0.2) is 97.0 Å². The van der Waals surface area contributed by atoms with E-state index in [0.717, 1.165) is 22.6 Å². The number of halogens is 6. The minimum absolute atomic E-state index is 0.0221. The maximum absolute atomic E-state index is 12.6. The molecule has 2 saturated heterocycles. The average Bonchev–Trinajstić information content (AvgIpc) is 3.45. The Kier molecular flexibility index (Phi) is 13.7. The lowest BCUT2D eigenvalue weighted by Gasteiger charge is -2.40. The predicted octanol–water partition coefficient (Wildman–Crippen LogP) is 2.97. The van der Waals surface area contributed by atoms with Crippen LogP contribution in [0.4, 0.5) is 32.0 Å². The van der Waals surface area contributed by atoms with Crippen LogP contribution in [0.3, 0.4) is 0 Å². The largest absolute Gasteiger partial charge is 0.449 e. The van der Waals surface area contributed by atoms with Crippen LogP contribution < -0.4 is 16.4 Å². The van der Waals surface area contributed by atoms with Crippen molar-refractivity contribution >= 4 is 39.4 Å². The first-order valence-corrected chi connectivity index (χ1v) is 16.5. The van der Waals surface area contributed by atoms with E-state index in [4.69, 9.17) is 17.4 Å². The third-order valence-electron chi connectivity index (χ3n) is 7.59. The Morgan fingerprint density at radius 2 is 1.49 bits per heavy atom. The summed E-state index contributed by atoms with van der Waals surface area (Å²) in [5.74, 6) is -5.65. The number of hydrogen-bond donors (Lipinski definition) is 4. The molecule has 0 aliphatic carbocycles. The highest BCUT2D eigenvalue weighted by Crippen LogP contribution is 2.35. The molecule has 0 atom stereocenters. The molecule has 2 aromatic rings. The topological polar surface area (TPSA) is 206 Å². The fourth-order valence-corrected chi connectivity index (χ4v) is 5.52. The Labute approximate surface area is 299 Å². The molecule has 0 unspecified atom stereocenters. The minimum Gasteiger partial charge on any atom is -0.444 e. The maximum atomic E-state index is 12.6. The second-order valence-electron chi connectivity index (χ2n) is 12.2. The van der Waals surface area contributed by atoms with Gasteiger partial charge in [0.25, 0.3) is 5.91 Å². The van der Waals surface area contributed by atoms with Crippen LogP contribution in [0.5, 0.6) is 0 Å². The minimum atomic E-state index is -5.05. The molecular weight excluding hydrogens is 746 g/mol. The number of alkyl halides is 6. The van der Waals surface area contributed by atoms with Crippen molar-refractivity contribution in [3.05, 3.63) is 70.8 Å². The van der Waals surface area contributed by atoms with E-state index in [0.29, 0.717) is 19.2 Å². The third-order valence-corrected chi connectivity index (χ3v) is 8.84. The number of piperazine rings is 2. The number of anilines is 1. The van der Waals surface area contributed by atoms with Gasteiger partial charge in [0.05, 0.1) is 12.3 Å². The van der Waals surface area contributed by atoms with E-state index >= 15 is 0 Å². The number of nitrogens with one attached hydrogen (secondary N) is 2. The molecule has 1 aromatic heterocycles. The molecular formula is C31H36F6N6O9S. The summed E-state index contributed by atoms with van der Waals surface area (Å²) in [6.07, 6.45) is -9.81. The van der Waals surface area contributed by atoms with Crippen molar-refractivity contribution in [2.45, 2.75) is 62.9 Å². The van der Waals surface area contributed by atoms with Gasteiger partial charge in [0.1, 0.15) is 22.6 Å². The normalized spacial score (nSPS) is 17.2. The highest BCUT2D eigenvalue weighted by molar-refractivity contribution is 7.86. The van der Waals surface area contributed by atoms with Gasteiger partial charge in [-0.25, -0.2) is 4.85 Å². The molecule has 53 heavy (non-hydrogen) atoms. The van der Waals surface area contributed by atoms with Gasteiger partial charge in [0, 0.05) is 32.2 Å². The van der Waals surface area contributed by atoms with Crippen LogP contribution in [-0.2, 0) is 34.9 Å². The van der Waals surface area contributed by atoms with Crippen LogP contribution in [0.25, 0.3) is 4.85 Å². The smallest absolute Gasteiger partial charge is 0.444 e. The molecule has 0 radical (unpaired) electrons. The molecule has 1 aromatic carbocycles. The van der Waals surface area contributed by atoms with Gasteiger partial charge in [-0.3, -0.25) is 19.2 Å². The molecule has 3 heterocycles. The second kappa shape index (κ2) is 16.6. The monoisotopic (exact) mass is 782 g/mol. The SMILES string of the molecule is CC1(C)C(=O)NCCN1C(=O)CO.CC1(C)C(=O)NCCN1C(=O)c1oc(C(F)(F)F)cc1N.[C-]#[N+]C=C(OS(=O)(=O)c1ccc(C)cc1)C(F)(F)F. The van der Waals surface area contributed by atoms with E-state index < -0.39 is 85.7 Å². The van der Waals surface area contributed by atoms with Gasteiger partial charge >= 0.3 is 22.5 Å². The standard InChI is InChI=1S/C12H14F3N3O3.C11H8F3NO3S.C8H14N2O3/c1-11(2)10(20)17-3-4-18(11)9(19)8-6(16)5-7(21-8)12(13,14)15;1-8-3-5-9(6-4-8)19(16,17)18-10(7-15-2)11(12,13)14;1-8(2)7(13)9-3-4-10(8)6(12)5-11/h5H,3-4,16H2,1-2H3,(H,17,20);3-7H,1H3;11H,3-5H2,1-2H3,(H,9,13). The molecule has 4 rings (SSSR count). The number of amides is 4. The van der Waals surface area contributed by atoms with E-state index in [2.05, 4.69) is 24.1 Å². The summed E-state index contributed by atoms with van der Waals surface area (Å²) < 4.78 is 107. The Morgan fingerprint density at radius 1 is 1.00 bits per heavy atom. The number of hydrogen-bond acceptors (Lipinski definition) is 10. The number of nitrogens with two attached hydrogens (primary N) is 1. The fraction of sp³-hybridized carbons (Fsp3) is 0.452. The Morgan fingerprint density at radius 3 is 1.92 bits per heavy atom. The van der Waals surface area contributed by atoms with Crippen molar-refractivity contribution in [3.8, 4) is 0 Å². The summed E-state index contributed by atoms with van der Waals surface area (Å²) in [5.41, 5.74) is 3.71. The first-order valence-electron chi connectivity index (χ1n) is 15.1. The van der Waals surface area contributed by atoms with Crippen LogP contribution in [0.2, 0.25) is 0 Å². The number of carbonyl (C=O) groups excluding carboxylic acids is 4. The van der Waals surface area contributed by atoms with Crippen molar-refractivity contribution in [2.75, 3.05) is 38.5 Å². The van der Waals surface area contributed by atoms with E-state index in [1.807, 2.05) is 0 Å². The molecule has 22 heteroatoms. The summed E-state index contributed by atoms with van der Waals surface area (Å²) in [7, 11) is -4.61. The lowest BCUT2D eigenvalue weighted by molar-refractivity contribution is -0.153. The van der Waals surface area contributed by atoms with E-state index in [-0.39, 0.29) is 25.2 Å². The second-order valence-corrected chi connectivity index (χ2v) is 13.7. The number of rotatable bonds is 5.